The van der Waals surface area contributed by atoms with Crippen molar-refractivity contribution in [1.29, 1.82) is 0 Å². The number of hydrogen-bond donors (Lipinski definition) is 2. The fourth-order valence-corrected chi connectivity index (χ4v) is 1.54. The zero-order chi connectivity index (χ0) is 12.0. The molecule has 1 rings (SSSR count). The zero-order valence-electron chi connectivity index (χ0n) is 9.66. The van der Waals surface area contributed by atoms with Crippen molar-refractivity contribution >= 4 is 17.4 Å². The van der Waals surface area contributed by atoms with Crippen molar-refractivity contribution in [1.82, 2.24) is 4.98 Å². The molecule has 4 nitrogen and oxygen atoms in total. The van der Waals surface area contributed by atoms with E-state index in [-0.39, 0.29) is 6.10 Å². The van der Waals surface area contributed by atoms with Crippen LogP contribution in [-0.2, 0) is 11.3 Å². The van der Waals surface area contributed by atoms with Crippen LogP contribution in [0.3, 0.4) is 0 Å². The SMILES string of the molecule is CCCC(C)OCc1nc(NN)ccc1Cl. The number of pyridine rings is 1. The number of hydrazine groups is 1. The first-order valence-corrected chi connectivity index (χ1v) is 5.78. The fraction of sp³-hybridized carbons (Fsp3) is 0.545. The molecule has 1 atom stereocenters. The molecule has 0 aliphatic rings. The molecule has 1 aromatic heterocycles. The maximum Gasteiger partial charge on any atom is 0.140 e. The van der Waals surface area contributed by atoms with Crippen LogP contribution < -0.4 is 11.3 Å². The van der Waals surface area contributed by atoms with E-state index in [1.165, 1.54) is 0 Å². The van der Waals surface area contributed by atoms with E-state index in [0.717, 1.165) is 12.8 Å². The molecule has 0 bridgehead atoms. The molecule has 16 heavy (non-hydrogen) atoms. The van der Waals surface area contributed by atoms with Gasteiger partial charge in [0.2, 0.25) is 0 Å². The number of hydrogen-bond acceptors (Lipinski definition) is 4. The molecule has 0 radical (unpaired) electrons. The molecule has 1 unspecified atom stereocenters. The molecule has 0 amide bonds. The first-order chi connectivity index (χ1) is 7.67. The average Bonchev–Trinajstić information content (AvgIpc) is 2.28. The van der Waals surface area contributed by atoms with Gasteiger partial charge in [0.15, 0.2) is 0 Å². The van der Waals surface area contributed by atoms with Crippen LogP contribution >= 0.6 is 11.6 Å². The Hall–Kier alpha value is -0.840. The number of ether oxygens (including phenoxy) is 1. The van der Waals surface area contributed by atoms with Crippen molar-refractivity contribution in [3.05, 3.63) is 22.8 Å². The molecular formula is C11H18ClN3O. The van der Waals surface area contributed by atoms with Crippen LogP contribution in [0.15, 0.2) is 12.1 Å². The van der Waals surface area contributed by atoms with E-state index < -0.39 is 0 Å². The Morgan fingerprint density at radius 3 is 2.94 bits per heavy atom. The smallest absolute Gasteiger partial charge is 0.140 e. The second-order valence-electron chi connectivity index (χ2n) is 3.68. The third kappa shape index (κ3) is 3.96. The van der Waals surface area contributed by atoms with E-state index in [1.54, 1.807) is 12.1 Å². The maximum atomic E-state index is 6.00. The number of nitrogen functional groups attached to an aromatic ring is 1. The molecule has 0 aliphatic carbocycles. The average molecular weight is 244 g/mol. The van der Waals surface area contributed by atoms with Crippen LogP contribution in [0.5, 0.6) is 0 Å². The fourth-order valence-electron chi connectivity index (χ4n) is 1.38. The van der Waals surface area contributed by atoms with Gasteiger partial charge in [-0.05, 0) is 25.5 Å². The molecule has 0 saturated heterocycles. The first kappa shape index (κ1) is 13.2. The number of nitrogens with two attached hydrogens (primary N) is 1. The topological polar surface area (TPSA) is 60.2 Å². The van der Waals surface area contributed by atoms with Gasteiger partial charge in [-0.15, -0.1) is 0 Å². The monoisotopic (exact) mass is 243 g/mol. The Bertz CT molecular complexity index is 333. The Morgan fingerprint density at radius 2 is 2.31 bits per heavy atom. The molecule has 0 fully saturated rings. The summed E-state index contributed by atoms with van der Waals surface area (Å²) >= 11 is 6.00. The van der Waals surface area contributed by atoms with Crippen LogP contribution in [-0.4, -0.2) is 11.1 Å². The van der Waals surface area contributed by atoms with Gasteiger partial charge in [0.1, 0.15) is 5.82 Å². The Balaban J connectivity index is 2.58. The number of anilines is 1. The molecule has 1 heterocycles. The summed E-state index contributed by atoms with van der Waals surface area (Å²) in [6, 6.07) is 3.48. The van der Waals surface area contributed by atoms with Crippen molar-refractivity contribution in [2.75, 3.05) is 5.43 Å². The molecule has 3 N–H and O–H groups in total. The van der Waals surface area contributed by atoms with Crippen molar-refractivity contribution in [2.45, 2.75) is 39.4 Å². The highest BCUT2D eigenvalue weighted by Gasteiger charge is 2.06. The van der Waals surface area contributed by atoms with E-state index in [2.05, 4.69) is 17.3 Å². The Morgan fingerprint density at radius 1 is 1.56 bits per heavy atom. The lowest BCUT2D eigenvalue weighted by Gasteiger charge is -2.12. The first-order valence-electron chi connectivity index (χ1n) is 5.41. The molecule has 1 aromatic rings. The Kier molecular flexibility index (Phi) is 5.52. The van der Waals surface area contributed by atoms with E-state index in [0.29, 0.717) is 23.1 Å². The molecule has 5 heteroatoms. The summed E-state index contributed by atoms with van der Waals surface area (Å²) in [7, 11) is 0. The molecular weight excluding hydrogens is 226 g/mol. The number of nitrogens with one attached hydrogen (secondary N) is 1. The highest BCUT2D eigenvalue weighted by atomic mass is 35.5. The molecule has 0 saturated carbocycles. The minimum absolute atomic E-state index is 0.220. The summed E-state index contributed by atoms with van der Waals surface area (Å²) in [5.74, 6) is 5.87. The summed E-state index contributed by atoms with van der Waals surface area (Å²) in [5, 5.41) is 0.600. The molecule has 0 spiro atoms. The lowest BCUT2D eigenvalue weighted by molar-refractivity contribution is 0.0454. The third-order valence-electron chi connectivity index (χ3n) is 2.27. The molecule has 0 aromatic carbocycles. The van der Waals surface area contributed by atoms with Crippen molar-refractivity contribution in [2.24, 2.45) is 5.84 Å². The lowest BCUT2D eigenvalue weighted by Crippen LogP contribution is -2.12. The van der Waals surface area contributed by atoms with Crippen LogP contribution in [0.25, 0.3) is 0 Å². The van der Waals surface area contributed by atoms with Crippen molar-refractivity contribution in [3.63, 3.8) is 0 Å². The number of halogens is 1. The summed E-state index contributed by atoms with van der Waals surface area (Å²) in [6.45, 7) is 4.59. The zero-order valence-corrected chi connectivity index (χ0v) is 10.4. The highest BCUT2D eigenvalue weighted by molar-refractivity contribution is 6.31. The van der Waals surface area contributed by atoms with Crippen LogP contribution in [0.4, 0.5) is 5.82 Å². The van der Waals surface area contributed by atoms with Crippen molar-refractivity contribution in [3.8, 4) is 0 Å². The largest absolute Gasteiger partial charge is 0.372 e. The van der Waals surface area contributed by atoms with Crippen LogP contribution in [0.2, 0.25) is 5.02 Å². The van der Waals surface area contributed by atoms with Gasteiger partial charge in [0.25, 0.3) is 0 Å². The summed E-state index contributed by atoms with van der Waals surface area (Å²) in [6.07, 6.45) is 2.36. The summed E-state index contributed by atoms with van der Waals surface area (Å²) in [4.78, 5) is 4.23. The normalized spacial score (nSPS) is 12.5. The summed E-state index contributed by atoms with van der Waals surface area (Å²) in [5.41, 5.74) is 3.19. The van der Waals surface area contributed by atoms with Gasteiger partial charge in [0.05, 0.1) is 23.4 Å². The van der Waals surface area contributed by atoms with Crippen molar-refractivity contribution < 1.29 is 4.74 Å². The minimum atomic E-state index is 0.220. The highest BCUT2D eigenvalue weighted by Crippen LogP contribution is 2.18. The van der Waals surface area contributed by atoms with Gasteiger partial charge in [-0.3, -0.25) is 0 Å². The summed E-state index contributed by atoms with van der Waals surface area (Å²) < 4.78 is 5.63. The Labute approximate surface area is 101 Å². The van der Waals surface area contributed by atoms with E-state index in [1.807, 2.05) is 6.92 Å². The second kappa shape index (κ2) is 6.68. The molecule has 0 aliphatic heterocycles. The number of aromatic nitrogens is 1. The third-order valence-corrected chi connectivity index (χ3v) is 2.61. The second-order valence-corrected chi connectivity index (χ2v) is 4.09. The standard InChI is InChI=1S/C11H18ClN3O/c1-3-4-8(2)16-7-10-9(12)5-6-11(14-10)15-13/h5-6,8H,3-4,7,13H2,1-2H3,(H,14,15). The predicted octanol–water partition coefficient (Wildman–Crippen LogP) is 2.73. The minimum Gasteiger partial charge on any atom is -0.372 e. The number of nitrogens with zero attached hydrogens (tertiary/aromatic N) is 1. The predicted molar refractivity (Wildman–Crippen MR) is 66.2 cm³/mol. The van der Waals surface area contributed by atoms with Gasteiger partial charge in [0, 0.05) is 0 Å². The van der Waals surface area contributed by atoms with Gasteiger partial charge in [-0.1, -0.05) is 24.9 Å². The number of rotatable bonds is 6. The van der Waals surface area contributed by atoms with E-state index >= 15 is 0 Å². The van der Waals surface area contributed by atoms with E-state index in [9.17, 15) is 0 Å². The lowest BCUT2D eigenvalue weighted by atomic mass is 10.2. The van der Waals surface area contributed by atoms with Gasteiger partial charge >= 0.3 is 0 Å². The van der Waals surface area contributed by atoms with Gasteiger partial charge in [-0.25, -0.2) is 10.8 Å². The quantitative estimate of drug-likeness (QED) is 0.596. The van der Waals surface area contributed by atoms with Crippen LogP contribution in [0, 0.1) is 0 Å². The van der Waals surface area contributed by atoms with Gasteiger partial charge in [-0.2, -0.15) is 0 Å². The van der Waals surface area contributed by atoms with Gasteiger partial charge < -0.3 is 10.2 Å². The molecule has 90 valence electrons. The van der Waals surface area contributed by atoms with Crippen LogP contribution in [0.1, 0.15) is 32.4 Å². The maximum absolute atomic E-state index is 6.00. The van der Waals surface area contributed by atoms with E-state index in [4.69, 9.17) is 22.2 Å².